The van der Waals surface area contributed by atoms with Crippen LogP contribution in [0.5, 0.6) is 0 Å². The van der Waals surface area contributed by atoms with Gasteiger partial charge in [0, 0.05) is 18.3 Å². The van der Waals surface area contributed by atoms with Crippen LogP contribution in [0.15, 0.2) is 18.2 Å². The normalized spacial score (nSPS) is 21.5. The summed E-state index contributed by atoms with van der Waals surface area (Å²) >= 11 is 0. The lowest BCUT2D eigenvalue weighted by Gasteiger charge is -2.26. The van der Waals surface area contributed by atoms with Gasteiger partial charge < -0.3 is 15.0 Å². The first-order chi connectivity index (χ1) is 10.2. The van der Waals surface area contributed by atoms with Crippen LogP contribution in [0.1, 0.15) is 25.2 Å². The zero-order valence-corrected chi connectivity index (χ0v) is 13.1. The minimum atomic E-state index is -0.0882. The number of amides is 1. The fourth-order valence-electron chi connectivity index (χ4n) is 2.72. The van der Waals surface area contributed by atoms with Crippen LogP contribution in [0.4, 0.5) is 0 Å². The Morgan fingerprint density at radius 1 is 1.43 bits per heavy atom. The van der Waals surface area contributed by atoms with Crippen LogP contribution in [0.2, 0.25) is 0 Å². The quantitative estimate of drug-likeness (QED) is 0.860. The third-order valence-corrected chi connectivity index (χ3v) is 3.86. The molecule has 2 heterocycles. The van der Waals surface area contributed by atoms with Crippen molar-refractivity contribution in [2.45, 2.75) is 33.4 Å². The second-order valence-electron chi connectivity index (χ2n) is 5.43. The number of ether oxygens (including phenoxy) is 1. The minimum absolute atomic E-state index is 0.0882. The Bertz CT molecular complexity index is 478. The van der Waals surface area contributed by atoms with Crippen LogP contribution < -0.4 is 5.32 Å². The summed E-state index contributed by atoms with van der Waals surface area (Å²) in [6, 6.07) is 6.04. The lowest BCUT2D eigenvalue weighted by molar-refractivity contribution is -0.136. The fraction of sp³-hybridized carbons (Fsp3) is 0.625. The standard InChI is InChI=1S/C16H25N3O2/c1-4-17-15-11-21-10-14(15)16(20)19(5-2)9-13-8-6-7-12(3)18-13/h6-8,14-15,17H,4-5,9-11H2,1-3H3. The second-order valence-corrected chi connectivity index (χ2v) is 5.43. The van der Waals surface area contributed by atoms with Crippen molar-refractivity contribution in [2.75, 3.05) is 26.3 Å². The van der Waals surface area contributed by atoms with E-state index in [9.17, 15) is 4.79 Å². The van der Waals surface area contributed by atoms with Crippen LogP contribution in [0.25, 0.3) is 0 Å². The number of aryl methyl sites for hydroxylation is 1. The molecule has 0 radical (unpaired) electrons. The smallest absolute Gasteiger partial charge is 0.230 e. The predicted octanol–water partition coefficient (Wildman–Crippen LogP) is 1.36. The lowest BCUT2D eigenvalue weighted by Crippen LogP contribution is -2.45. The van der Waals surface area contributed by atoms with Crippen LogP contribution in [-0.2, 0) is 16.1 Å². The van der Waals surface area contributed by atoms with Gasteiger partial charge in [-0.1, -0.05) is 13.0 Å². The van der Waals surface area contributed by atoms with E-state index in [1.165, 1.54) is 0 Å². The molecule has 1 saturated heterocycles. The van der Waals surface area contributed by atoms with E-state index in [1.54, 1.807) is 0 Å². The number of likely N-dealkylation sites (N-methyl/N-ethyl adjacent to an activating group) is 1. The molecule has 5 nitrogen and oxygen atoms in total. The van der Waals surface area contributed by atoms with Gasteiger partial charge in [0.2, 0.25) is 5.91 Å². The first-order valence-electron chi connectivity index (χ1n) is 7.68. The zero-order chi connectivity index (χ0) is 15.2. The summed E-state index contributed by atoms with van der Waals surface area (Å²) in [6.45, 7) is 9.24. The number of aromatic nitrogens is 1. The Labute approximate surface area is 126 Å². The van der Waals surface area contributed by atoms with Crippen LogP contribution in [0.3, 0.4) is 0 Å². The number of hydrogen-bond donors (Lipinski definition) is 1. The van der Waals surface area contributed by atoms with Crippen LogP contribution in [0, 0.1) is 12.8 Å². The molecule has 5 heteroatoms. The summed E-state index contributed by atoms with van der Waals surface area (Å²) in [7, 11) is 0. The second kappa shape index (κ2) is 7.52. The molecule has 2 unspecified atom stereocenters. The number of carbonyl (C=O) groups excluding carboxylic acids is 1. The van der Waals surface area contributed by atoms with E-state index < -0.39 is 0 Å². The number of pyridine rings is 1. The largest absolute Gasteiger partial charge is 0.379 e. The molecule has 0 spiro atoms. The van der Waals surface area contributed by atoms with Crippen molar-refractivity contribution in [1.29, 1.82) is 0 Å². The zero-order valence-electron chi connectivity index (χ0n) is 13.1. The summed E-state index contributed by atoms with van der Waals surface area (Å²) in [5.41, 5.74) is 1.91. The predicted molar refractivity (Wildman–Crippen MR) is 81.8 cm³/mol. The summed E-state index contributed by atoms with van der Waals surface area (Å²) in [6.07, 6.45) is 0. The van der Waals surface area contributed by atoms with Gasteiger partial charge in [-0.15, -0.1) is 0 Å². The third kappa shape index (κ3) is 4.02. The molecule has 1 N–H and O–H groups in total. The highest BCUT2D eigenvalue weighted by Crippen LogP contribution is 2.18. The van der Waals surface area contributed by atoms with Crippen molar-refractivity contribution in [1.82, 2.24) is 15.2 Å². The maximum absolute atomic E-state index is 12.7. The van der Waals surface area contributed by atoms with Crippen molar-refractivity contribution in [3.8, 4) is 0 Å². The van der Waals surface area contributed by atoms with Gasteiger partial charge in [0.15, 0.2) is 0 Å². The van der Waals surface area contributed by atoms with E-state index in [2.05, 4.69) is 10.3 Å². The van der Waals surface area contributed by atoms with Gasteiger partial charge in [0.25, 0.3) is 0 Å². The monoisotopic (exact) mass is 291 g/mol. The molecule has 116 valence electrons. The molecule has 1 aromatic heterocycles. The fourth-order valence-corrected chi connectivity index (χ4v) is 2.72. The van der Waals surface area contributed by atoms with Crippen molar-refractivity contribution in [3.05, 3.63) is 29.6 Å². The summed E-state index contributed by atoms with van der Waals surface area (Å²) in [4.78, 5) is 19.1. The van der Waals surface area contributed by atoms with E-state index in [0.717, 1.165) is 17.9 Å². The Morgan fingerprint density at radius 3 is 2.90 bits per heavy atom. The number of nitrogens with zero attached hydrogens (tertiary/aromatic N) is 2. The highest BCUT2D eigenvalue weighted by Gasteiger charge is 2.35. The Hall–Kier alpha value is -1.46. The van der Waals surface area contributed by atoms with E-state index in [1.807, 2.05) is 43.9 Å². The van der Waals surface area contributed by atoms with Crippen molar-refractivity contribution >= 4 is 5.91 Å². The SMILES string of the molecule is CCNC1COCC1C(=O)N(CC)Cc1cccc(C)n1. The molecule has 0 aliphatic carbocycles. The minimum Gasteiger partial charge on any atom is -0.379 e. The number of carbonyl (C=O) groups is 1. The number of hydrogen-bond acceptors (Lipinski definition) is 4. The lowest BCUT2D eigenvalue weighted by atomic mass is 10.0. The Balaban J connectivity index is 2.04. The molecule has 1 aromatic rings. The van der Waals surface area contributed by atoms with E-state index in [4.69, 9.17) is 4.74 Å². The summed E-state index contributed by atoms with van der Waals surface area (Å²) < 4.78 is 5.48. The van der Waals surface area contributed by atoms with Crippen molar-refractivity contribution in [3.63, 3.8) is 0 Å². The molecule has 1 aliphatic heterocycles. The molecule has 1 aliphatic rings. The highest BCUT2D eigenvalue weighted by atomic mass is 16.5. The average molecular weight is 291 g/mol. The van der Waals surface area contributed by atoms with E-state index in [-0.39, 0.29) is 17.9 Å². The molecule has 2 atom stereocenters. The first-order valence-corrected chi connectivity index (χ1v) is 7.68. The number of nitrogens with one attached hydrogen (secondary N) is 1. The Kier molecular flexibility index (Phi) is 5.70. The van der Waals surface area contributed by atoms with E-state index in [0.29, 0.717) is 26.3 Å². The van der Waals surface area contributed by atoms with Gasteiger partial charge in [-0.3, -0.25) is 9.78 Å². The van der Waals surface area contributed by atoms with Gasteiger partial charge in [0.1, 0.15) is 0 Å². The highest BCUT2D eigenvalue weighted by molar-refractivity contribution is 5.80. The van der Waals surface area contributed by atoms with Gasteiger partial charge in [-0.05, 0) is 32.5 Å². The molecule has 1 fully saturated rings. The topological polar surface area (TPSA) is 54.5 Å². The van der Waals surface area contributed by atoms with Gasteiger partial charge in [-0.2, -0.15) is 0 Å². The molecule has 0 bridgehead atoms. The van der Waals surface area contributed by atoms with Crippen molar-refractivity contribution < 1.29 is 9.53 Å². The molecule has 1 amide bonds. The third-order valence-electron chi connectivity index (χ3n) is 3.86. The molecule has 0 aromatic carbocycles. The van der Waals surface area contributed by atoms with Crippen LogP contribution in [-0.4, -0.2) is 48.1 Å². The van der Waals surface area contributed by atoms with Gasteiger partial charge in [-0.25, -0.2) is 0 Å². The summed E-state index contributed by atoms with van der Waals surface area (Å²) in [5.74, 6) is 0.0685. The molecule has 21 heavy (non-hydrogen) atoms. The van der Waals surface area contributed by atoms with Gasteiger partial charge in [0.05, 0.1) is 31.4 Å². The first kappa shape index (κ1) is 15.9. The van der Waals surface area contributed by atoms with E-state index >= 15 is 0 Å². The molecule has 0 saturated carbocycles. The molecular formula is C16H25N3O2. The Morgan fingerprint density at radius 2 is 2.24 bits per heavy atom. The number of rotatable bonds is 6. The average Bonchev–Trinajstić information content (AvgIpc) is 2.93. The van der Waals surface area contributed by atoms with Crippen molar-refractivity contribution in [2.24, 2.45) is 5.92 Å². The maximum Gasteiger partial charge on any atom is 0.230 e. The molecular weight excluding hydrogens is 266 g/mol. The van der Waals surface area contributed by atoms with Crippen LogP contribution >= 0.6 is 0 Å². The maximum atomic E-state index is 12.7. The summed E-state index contributed by atoms with van der Waals surface area (Å²) in [5, 5.41) is 3.34. The molecule has 2 rings (SSSR count). The van der Waals surface area contributed by atoms with Gasteiger partial charge >= 0.3 is 0 Å².